The summed E-state index contributed by atoms with van der Waals surface area (Å²) in [5.41, 5.74) is 0. The average molecular weight is 311 g/mol. The van der Waals surface area contributed by atoms with E-state index in [4.69, 9.17) is 0 Å². The third-order valence-electron chi connectivity index (χ3n) is 5.47. The van der Waals surface area contributed by atoms with Crippen LogP contribution in [0.15, 0.2) is 0 Å². The molecule has 1 aliphatic carbocycles. The molecule has 1 fully saturated rings. The molecule has 1 aliphatic rings. The van der Waals surface area contributed by atoms with Crippen molar-refractivity contribution in [1.29, 1.82) is 0 Å². The van der Waals surface area contributed by atoms with Crippen LogP contribution < -0.4 is 0 Å². The van der Waals surface area contributed by atoms with Crippen molar-refractivity contribution in [2.24, 2.45) is 5.92 Å². The normalized spacial score (nSPS) is 22.1. The fourth-order valence-corrected chi connectivity index (χ4v) is 3.98. The van der Waals surface area contributed by atoms with E-state index in [1.807, 2.05) is 0 Å². The number of rotatable bonds is 14. The molecular formula is C21H42O. The number of hydrogen-bond acceptors (Lipinski definition) is 1. The van der Waals surface area contributed by atoms with Gasteiger partial charge in [-0.3, -0.25) is 0 Å². The van der Waals surface area contributed by atoms with Gasteiger partial charge >= 0.3 is 0 Å². The number of aliphatic hydroxyl groups is 1. The molecule has 0 aromatic carbocycles. The topological polar surface area (TPSA) is 20.2 Å². The first kappa shape index (κ1) is 20.0. The number of aliphatic hydroxyl groups excluding tert-OH is 1. The largest absolute Gasteiger partial charge is 0.393 e. The third kappa shape index (κ3) is 11.5. The van der Waals surface area contributed by atoms with Crippen LogP contribution in [0.5, 0.6) is 0 Å². The Balaban J connectivity index is 1.73. The molecule has 1 heteroatoms. The van der Waals surface area contributed by atoms with Crippen molar-refractivity contribution in [3.8, 4) is 0 Å². The minimum Gasteiger partial charge on any atom is -0.393 e. The summed E-state index contributed by atoms with van der Waals surface area (Å²) in [5, 5.41) is 9.68. The van der Waals surface area contributed by atoms with E-state index in [9.17, 15) is 5.11 Å². The minimum absolute atomic E-state index is 0.0146. The molecule has 0 spiro atoms. The lowest BCUT2D eigenvalue weighted by molar-refractivity contribution is 0.0973. The minimum atomic E-state index is 0.0146. The molecule has 0 radical (unpaired) electrons. The zero-order chi connectivity index (χ0) is 15.9. The molecule has 22 heavy (non-hydrogen) atoms. The van der Waals surface area contributed by atoms with Gasteiger partial charge in [0.05, 0.1) is 6.10 Å². The highest BCUT2D eigenvalue weighted by Gasteiger charge is 2.19. The first-order valence-corrected chi connectivity index (χ1v) is 10.5. The van der Waals surface area contributed by atoms with Crippen LogP contribution in [0.25, 0.3) is 0 Å². The lowest BCUT2D eigenvalue weighted by Crippen LogP contribution is -2.19. The van der Waals surface area contributed by atoms with Crippen LogP contribution in [0.4, 0.5) is 0 Å². The SMILES string of the molecule is CCCCCCCCCCCCCCCC1CCCC(O)C1. The molecule has 0 heterocycles. The zero-order valence-electron chi connectivity index (χ0n) is 15.3. The Labute approximate surface area is 140 Å². The fourth-order valence-electron chi connectivity index (χ4n) is 3.98. The number of hydrogen-bond donors (Lipinski definition) is 1. The second kappa shape index (κ2) is 14.5. The van der Waals surface area contributed by atoms with Gasteiger partial charge in [-0.2, -0.15) is 0 Å². The van der Waals surface area contributed by atoms with Crippen molar-refractivity contribution in [3.63, 3.8) is 0 Å². The molecule has 0 aliphatic heterocycles. The van der Waals surface area contributed by atoms with Crippen LogP contribution in [-0.4, -0.2) is 11.2 Å². The van der Waals surface area contributed by atoms with Crippen molar-refractivity contribution in [2.75, 3.05) is 0 Å². The molecule has 1 saturated carbocycles. The summed E-state index contributed by atoms with van der Waals surface area (Å²) in [6, 6.07) is 0. The Morgan fingerprint density at radius 2 is 1.18 bits per heavy atom. The second-order valence-corrected chi connectivity index (χ2v) is 7.72. The molecule has 1 N–H and O–H groups in total. The predicted octanol–water partition coefficient (Wildman–Crippen LogP) is 7.02. The Morgan fingerprint density at radius 1 is 0.682 bits per heavy atom. The molecule has 0 aromatic heterocycles. The molecule has 0 aromatic rings. The maximum atomic E-state index is 9.68. The Hall–Kier alpha value is -0.0400. The highest BCUT2D eigenvalue weighted by atomic mass is 16.3. The van der Waals surface area contributed by atoms with Crippen molar-refractivity contribution in [1.82, 2.24) is 0 Å². The van der Waals surface area contributed by atoms with Crippen LogP contribution in [0.3, 0.4) is 0 Å². The first-order valence-electron chi connectivity index (χ1n) is 10.5. The van der Waals surface area contributed by atoms with Gasteiger partial charge in [0.2, 0.25) is 0 Å². The summed E-state index contributed by atoms with van der Waals surface area (Å²) in [6.45, 7) is 2.29. The van der Waals surface area contributed by atoms with Gasteiger partial charge in [-0.1, -0.05) is 110 Å². The van der Waals surface area contributed by atoms with Gasteiger partial charge < -0.3 is 5.11 Å². The maximum absolute atomic E-state index is 9.68. The molecule has 0 saturated heterocycles. The summed E-state index contributed by atoms with van der Waals surface area (Å²) < 4.78 is 0. The van der Waals surface area contributed by atoms with Crippen LogP contribution in [0.2, 0.25) is 0 Å². The highest BCUT2D eigenvalue weighted by molar-refractivity contribution is 4.72. The van der Waals surface area contributed by atoms with Gasteiger partial charge in [0.15, 0.2) is 0 Å². The smallest absolute Gasteiger partial charge is 0.0542 e. The molecule has 1 nitrogen and oxygen atoms in total. The molecule has 132 valence electrons. The highest BCUT2D eigenvalue weighted by Crippen LogP contribution is 2.28. The Bertz CT molecular complexity index is 226. The van der Waals surface area contributed by atoms with Crippen LogP contribution in [-0.2, 0) is 0 Å². The van der Waals surface area contributed by atoms with Crippen LogP contribution in [0.1, 0.15) is 122 Å². The van der Waals surface area contributed by atoms with E-state index in [0.29, 0.717) is 0 Å². The van der Waals surface area contributed by atoms with Gasteiger partial charge in [-0.25, -0.2) is 0 Å². The summed E-state index contributed by atoms with van der Waals surface area (Å²) in [7, 11) is 0. The molecular weight excluding hydrogens is 268 g/mol. The van der Waals surface area contributed by atoms with E-state index in [0.717, 1.165) is 18.8 Å². The quantitative estimate of drug-likeness (QED) is 0.342. The summed E-state index contributed by atoms with van der Waals surface area (Å²) in [6.07, 6.45) is 24.9. The second-order valence-electron chi connectivity index (χ2n) is 7.72. The van der Waals surface area contributed by atoms with Crippen molar-refractivity contribution < 1.29 is 5.11 Å². The average Bonchev–Trinajstić information content (AvgIpc) is 2.52. The Kier molecular flexibility index (Phi) is 13.2. The molecule has 0 bridgehead atoms. The predicted molar refractivity (Wildman–Crippen MR) is 98.3 cm³/mol. The van der Waals surface area contributed by atoms with Crippen molar-refractivity contribution >= 4 is 0 Å². The van der Waals surface area contributed by atoms with Gasteiger partial charge in [-0.05, 0) is 18.8 Å². The van der Waals surface area contributed by atoms with E-state index in [2.05, 4.69) is 6.92 Å². The van der Waals surface area contributed by atoms with E-state index < -0.39 is 0 Å². The molecule has 0 amide bonds. The zero-order valence-corrected chi connectivity index (χ0v) is 15.3. The monoisotopic (exact) mass is 310 g/mol. The third-order valence-corrected chi connectivity index (χ3v) is 5.47. The molecule has 1 rings (SSSR count). The van der Waals surface area contributed by atoms with E-state index in [1.54, 1.807) is 0 Å². The maximum Gasteiger partial charge on any atom is 0.0542 e. The Morgan fingerprint density at radius 3 is 1.68 bits per heavy atom. The first-order chi connectivity index (χ1) is 10.8. The van der Waals surface area contributed by atoms with E-state index >= 15 is 0 Å². The van der Waals surface area contributed by atoms with Crippen molar-refractivity contribution in [3.05, 3.63) is 0 Å². The van der Waals surface area contributed by atoms with Crippen LogP contribution >= 0.6 is 0 Å². The van der Waals surface area contributed by atoms with Gasteiger partial charge in [0.1, 0.15) is 0 Å². The van der Waals surface area contributed by atoms with Crippen molar-refractivity contribution in [2.45, 2.75) is 129 Å². The van der Waals surface area contributed by atoms with Gasteiger partial charge in [-0.15, -0.1) is 0 Å². The standard InChI is InChI=1S/C21H42O/c1-2-3-4-5-6-7-8-9-10-11-12-13-14-16-20-17-15-18-21(22)19-20/h20-22H,2-19H2,1H3. The van der Waals surface area contributed by atoms with E-state index in [-0.39, 0.29) is 6.10 Å². The fraction of sp³-hybridized carbons (Fsp3) is 1.00. The summed E-state index contributed by atoms with van der Waals surface area (Å²) in [4.78, 5) is 0. The number of unbranched alkanes of at least 4 members (excludes halogenated alkanes) is 12. The van der Waals surface area contributed by atoms with E-state index in [1.165, 1.54) is 103 Å². The van der Waals surface area contributed by atoms with Crippen LogP contribution in [0, 0.1) is 5.92 Å². The van der Waals surface area contributed by atoms with Gasteiger partial charge in [0.25, 0.3) is 0 Å². The molecule has 2 unspecified atom stereocenters. The summed E-state index contributed by atoms with van der Waals surface area (Å²) in [5.74, 6) is 0.830. The van der Waals surface area contributed by atoms with Gasteiger partial charge in [0, 0.05) is 0 Å². The lowest BCUT2D eigenvalue weighted by atomic mass is 9.84. The lowest BCUT2D eigenvalue weighted by Gasteiger charge is -2.25. The summed E-state index contributed by atoms with van der Waals surface area (Å²) >= 11 is 0. The molecule has 2 atom stereocenters.